The Balaban J connectivity index is 1.73. The first-order chi connectivity index (χ1) is 12.1. The molecule has 0 aliphatic rings. The summed E-state index contributed by atoms with van der Waals surface area (Å²) in [7, 11) is 0. The lowest BCUT2D eigenvalue weighted by Gasteiger charge is -2.14. The molecule has 130 valence electrons. The van der Waals surface area contributed by atoms with Crippen LogP contribution in [0.1, 0.15) is 19.4 Å². The van der Waals surface area contributed by atoms with E-state index in [1.54, 1.807) is 4.57 Å². The van der Waals surface area contributed by atoms with Crippen molar-refractivity contribution in [2.45, 2.75) is 37.3 Å². The van der Waals surface area contributed by atoms with Crippen molar-refractivity contribution in [2.75, 3.05) is 0 Å². The monoisotopic (exact) mass is 373 g/mol. The molecule has 0 spiro atoms. The summed E-state index contributed by atoms with van der Waals surface area (Å²) in [5, 5.41) is 5.04. The van der Waals surface area contributed by atoms with E-state index in [-0.39, 0.29) is 16.7 Å². The van der Waals surface area contributed by atoms with Crippen molar-refractivity contribution in [3.05, 3.63) is 57.7 Å². The van der Waals surface area contributed by atoms with Gasteiger partial charge in [-0.3, -0.25) is 14.2 Å². The first-order valence-electron chi connectivity index (χ1n) is 8.06. The Morgan fingerprint density at radius 1 is 1.32 bits per heavy atom. The average Bonchev–Trinajstić information content (AvgIpc) is 3.09. The van der Waals surface area contributed by atoms with Crippen LogP contribution in [0.25, 0.3) is 10.2 Å². The molecule has 7 heteroatoms. The Labute approximate surface area is 154 Å². The molecule has 0 saturated heterocycles. The molecular weight excluding hydrogens is 354 g/mol. The first kappa shape index (κ1) is 17.7. The van der Waals surface area contributed by atoms with Gasteiger partial charge in [0.1, 0.15) is 4.70 Å². The first-order valence-corrected chi connectivity index (χ1v) is 9.82. The molecule has 1 aromatic carbocycles. The lowest BCUT2D eigenvalue weighted by molar-refractivity contribution is -0.120. The van der Waals surface area contributed by atoms with Crippen LogP contribution in [0.4, 0.5) is 0 Å². The van der Waals surface area contributed by atoms with E-state index in [2.05, 4.69) is 10.3 Å². The van der Waals surface area contributed by atoms with Crippen molar-refractivity contribution in [2.24, 2.45) is 0 Å². The van der Waals surface area contributed by atoms with Crippen LogP contribution in [0.2, 0.25) is 0 Å². The molecule has 5 nitrogen and oxygen atoms in total. The van der Waals surface area contributed by atoms with Crippen LogP contribution in [0.15, 0.2) is 51.7 Å². The Morgan fingerprint density at radius 2 is 2.08 bits per heavy atom. The van der Waals surface area contributed by atoms with E-state index >= 15 is 0 Å². The highest BCUT2D eigenvalue weighted by Crippen LogP contribution is 2.24. The average molecular weight is 374 g/mol. The largest absolute Gasteiger partial charge is 0.351 e. The summed E-state index contributed by atoms with van der Waals surface area (Å²) in [6, 6.07) is 11.6. The van der Waals surface area contributed by atoms with Crippen molar-refractivity contribution >= 4 is 39.2 Å². The summed E-state index contributed by atoms with van der Waals surface area (Å²) < 4.78 is 2.29. The van der Waals surface area contributed by atoms with Gasteiger partial charge >= 0.3 is 0 Å². The van der Waals surface area contributed by atoms with E-state index in [0.717, 1.165) is 5.56 Å². The number of nitrogens with zero attached hydrogens (tertiary/aromatic N) is 2. The van der Waals surface area contributed by atoms with E-state index < -0.39 is 0 Å². The zero-order chi connectivity index (χ0) is 17.8. The van der Waals surface area contributed by atoms with Crippen LogP contribution >= 0.6 is 23.1 Å². The number of thioether (sulfide) groups is 1. The van der Waals surface area contributed by atoms with Gasteiger partial charge in [-0.1, -0.05) is 42.1 Å². The number of carbonyl (C=O) groups excluding carboxylic acids is 1. The molecule has 1 unspecified atom stereocenters. The minimum Gasteiger partial charge on any atom is -0.351 e. The number of amides is 1. The number of rotatable bonds is 6. The molecule has 1 N–H and O–H groups in total. The van der Waals surface area contributed by atoms with Crippen LogP contribution in [0.5, 0.6) is 0 Å². The topological polar surface area (TPSA) is 64.0 Å². The van der Waals surface area contributed by atoms with Crippen molar-refractivity contribution in [1.82, 2.24) is 14.9 Å². The van der Waals surface area contributed by atoms with E-state index in [1.807, 2.05) is 55.6 Å². The molecule has 0 bridgehead atoms. The Kier molecular flexibility index (Phi) is 5.55. The third-order valence-corrected chi connectivity index (χ3v) is 5.79. The number of hydrogen-bond acceptors (Lipinski definition) is 5. The third kappa shape index (κ3) is 3.93. The van der Waals surface area contributed by atoms with Gasteiger partial charge in [-0.15, -0.1) is 11.3 Å². The predicted molar refractivity (Wildman–Crippen MR) is 103 cm³/mol. The van der Waals surface area contributed by atoms with Crippen molar-refractivity contribution in [3.63, 3.8) is 0 Å². The van der Waals surface area contributed by atoms with Crippen LogP contribution in [-0.2, 0) is 17.9 Å². The summed E-state index contributed by atoms with van der Waals surface area (Å²) in [5.74, 6) is -0.0730. The molecule has 0 aliphatic heterocycles. The molecule has 1 amide bonds. The van der Waals surface area contributed by atoms with Gasteiger partial charge in [0.2, 0.25) is 5.91 Å². The molecule has 0 saturated carbocycles. The number of fused-ring (bicyclic) bond motifs is 1. The fourth-order valence-electron chi connectivity index (χ4n) is 2.43. The van der Waals surface area contributed by atoms with Crippen molar-refractivity contribution in [3.8, 4) is 0 Å². The number of aromatic nitrogens is 2. The van der Waals surface area contributed by atoms with E-state index in [1.165, 1.54) is 23.1 Å². The second-order valence-electron chi connectivity index (χ2n) is 5.54. The third-order valence-electron chi connectivity index (χ3n) is 3.81. The van der Waals surface area contributed by atoms with Gasteiger partial charge in [0.25, 0.3) is 5.56 Å². The second-order valence-corrected chi connectivity index (χ2v) is 7.77. The number of hydrogen-bond donors (Lipinski definition) is 1. The molecule has 0 aliphatic carbocycles. The lowest BCUT2D eigenvalue weighted by Crippen LogP contribution is -2.31. The van der Waals surface area contributed by atoms with Gasteiger partial charge in [0.05, 0.1) is 10.8 Å². The van der Waals surface area contributed by atoms with Crippen molar-refractivity contribution in [1.29, 1.82) is 0 Å². The van der Waals surface area contributed by atoms with Gasteiger partial charge in [0.15, 0.2) is 5.16 Å². The zero-order valence-corrected chi connectivity index (χ0v) is 15.7. The highest BCUT2D eigenvalue weighted by Gasteiger charge is 2.19. The summed E-state index contributed by atoms with van der Waals surface area (Å²) in [6.45, 7) is 4.75. The Morgan fingerprint density at radius 3 is 2.80 bits per heavy atom. The zero-order valence-electron chi connectivity index (χ0n) is 14.1. The van der Waals surface area contributed by atoms with Gasteiger partial charge in [-0.05, 0) is 30.9 Å². The highest BCUT2D eigenvalue weighted by molar-refractivity contribution is 8.00. The molecular formula is C18H19N3O2S2. The maximum Gasteiger partial charge on any atom is 0.272 e. The quantitative estimate of drug-likeness (QED) is 0.532. The Hall–Kier alpha value is -2.12. The molecule has 25 heavy (non-hydrogen) atoms. The summed E-state index contributed by atoms with van der Waals surface area (Å²) in [4.78, 5) is 29.5. The molecule has 1 atom stereocenters. The maximum atomic E-state index is 12.5. The van der Waals surface area contributed by atoms with Crippen LogP contribution in [0, 0.1) is 0 Å². The van der Waals surface area contributed by atoms with Gasteiger partial charge in [-0.2, -0.15) is 0 Å². The smallest absolute Gasteiger partial charge is 0.272 e. The molecule has 2 heterocycles. The standard InChI is InChI=1S/C18H19N3O2S2/c1-3-21-17(23)15-14(9-10-24-15)20-18(21)25-12(2)16(22)19-11-13-7-5-4-6-8-13/h4-10,12H,3,11H2,1-2H3,(H,19,22). The molecule has 0 radical (unpaired) electrons. The van der Waals surface area contributed by atoms with E-state index in [9.17, 15) is 9.59 Å². The minimum absolute atomic E-state index is 0.0399. The fraction of sp³-hybridized carbons (Fsp3) is 0.278. The highest BCUT2D eigenvalue weighted by atomic mass is 32.2. The molecule has 0 fully saturated rings. The predicted octanol–water partition coefficient (Wildman–Crippen LogP) is 3.27. The summed E-state index contributed by atoms with van der Waals surface area (Å²) in [6.07, 6.45) is 0. The number of carbonyl (C=O) groups is 1. The Bertz CT molecular complexity index is 934. The number of thiophene rings is 1. The normalized spacial score (nSPS) is 12.2. The van der Waals surface area contributed by atoms with E-state index in [4.69, 9.17) is 0 Å². The second kappa shape index (κ2) is 7.84. The maximum absolute atomic E-state index is 12.5. The number of benzene rings is 1. The number of nitrogens with one attached hydrogen (secondary N) is 1. The SMILES string of the molecule is CCn1c(SC(C)C(=O)NCc2ccccc2)nc2ccsc2c1=O. The fourth-order valence-corrected chi connectivity index (χ4v) is 4.21. The molecule has 2 aromatic heterocycles. The van der Waals surface area contributed by atoms with Crippen molar-refractivity contribution < 1.29 is 4.79 Å². The van der Waals surface area contributed by atoms with Crippen LogP contribution in [0.3, 0.4) is 0 Å². The molecule has 3 rings (SSSR count). The van der Waals surface area contributed by atoms with E-state index in [0.29, 0.717) is 28.5 Å². The molecule has 3 aromatic rings. The van der Waals surface area contributed by atoms with Gasteiger partial charge < -0.3 is 5.32 Å². The minimum atomic E-state index is -0.343. The summed E-state index contributed by atoms with van der Waals surface area (Å²) >= 11 is 2.71. The van der Waals surface area contributed by atoms with Gasteiger partial charge in [0, 0.05) is 13.1 Å². The summed E-state index contributed by atoms with van der Waals surface area (Å²) in [5.41, 5.74) is 1.71. The lowest BCUT2D eigenvalue weighted by atomic mass is 10.2. The van der Waals surface area contributed by atoms with Crippen LogP contribution in [-0.4, -0.2) is 20.7 Å². The van der Waals surface area contributed by atoms with Crippen LogP contribution < -0.4 is 10.9 Å². The van der Waals surface area contributed by atoms with Gasteiger partial charge in [-0.25, -0.2) is 4.98 Å².